The minimum atomic E-state index is -3.91. The molecule has 11 nitrogen and oxygen atoms in total. The van der Waals surface area contributed by atoms with Crippen LogP contribution >= 0.6 is 7.52 Å². The first kappa shape index (κ1) is 26.2. The maximum atomic E-state index is 14.1. The van der Waals surface area contributed by atoms with E-state index in [4.69, 9.17) is 4.52 Å². The van der Waals surface area contributed by atoms with Gasteiger partial charge in [0.05, 0.1) is 12.3 Å². The van der Waals surface area contributed by atoms with Gasteiger partial charge in [-0.15, -0.1) is 0 Å². The maximum Gasteiger partial charge on any atom is 0.328 e. The highest BCUT2D eigenvalue weighted by Crippen LogP contribution is 2.64. The van der Waals surface area contributed by atoms with E-state index in [1.165, 1.54) is 17.9 Å². The molecule has 0 saturated carbocycles. The summed E-state index contributed by atoms with van der Waals surface area (Å²) < 4.78 is 52.8. The van der Waals surface area contributed by atoms with Crippen LogP contribution in [0.25, 0.3) is 5.52 Å². The van der Waals surface area contributed by atoms with E-state index in [9.17, 15) is 22.9 Å². The molecule has 0 radical (unpaired) electrons. The van der Waals surface area contributed by atoms with Crippen LogP contribution < -0.4 is 15.6 Å². The quantitative estimate of drug-likeness (QED) is 0.481. The van der Waals surface area contributed by atoms with Crippen molar-refractivity contribution >= 4 is 28.9 Å². The fourth-order valence-corrected chi connectivity index (χ4v) is 6.91. The van der Waals surface area contributed by atoms with E-state index in [0.29, 0.717) is 18.5 Å². The Morgan fingerprint density at radius 2 is 2.06 bits per heavy atom. The van der Waals surface area contributed by atoms with Gasteiger partial charge in [-0.3, -0.25) is 18.6 Å². The summed E-state index contributed by atoms with van der Waals surface area (Å²) in [7, 11) is -6.22. The van der Waals surface area contributed by atoms with Gasteiger partial charge in [-0.05, 0) is 43.0 Å². The van der Waals surface area contributed by atoms with E-state index in [-0.39, 0.29) is 28.3 Å². The van der Waals surface area contributed by atoms with Crippen LogP contribution in [0.3, 0.4) is 0 Å². The number of amidine groups is 1. The van der Waals surface area contributed by atoms with Crippen LogP contribution in [0.2, 0.25) is 0 Å². The van der Waals surface area contributed by atoms with Gasteiger partial charge in [0.25, 0.3) is 5.56 Å². The van der Waals surface area contributed by atoms with Gasteiger partial charge in [-0.25, -0.2) is 13.1 Å². The lowest BCUT2D eigenvalue weighted by molar-refractivity contribution is 0.330. The normalized spacial score (nSPS) is 26.2. The minimum Gasteiger partial charge on any atom is -0.505 e. The van der Waals surface area contributed by atoms with Crippen LogP contribution in [-0.2, 0) is 25.7 Å². The number of aryl methyl sites for hydroxylation is 1. The number of aromatic hydroxyl groups is 1. The molecule has 0 bridgehead atoms. The van der Waals surface area contributed by atoms with Gasteiger partial charge < -0.3 is 14.9 Å². The smallest absolute Gasteiger partial charge is 0.328 e. The molecule has 1 aliphatic heterocycles. The molecule has 2 aromatic rings. The molecular formula is C23H32N5O6PS. The number of allylic oxidation sites excluding steroid dienone is 1. The summed E-state index contributed by atoms with van der Waals surface area (Å²) >= 11 is 0. The van der Waals surface area contributed by atoms with Crippen molar-refractivity contribution in [1.82, 2.24) is 19.2 Å². The first-order valence-electron chi connectivity index (χ1n) is 11.4. The van der Waals surface area contributed by atoms with Crippen LogP contribution in [0.1, 0.15) is 39.7 Å². The van der Waals surface area contributed by atoms with Crippen LogP contribution in [0.5, 0.6) is 5.75 Å². The van der Waals surface area contributed by atoms with Crippen molar-refractivity contribution in [3.63, 3.8) is 0 Å². The molecule has 3 heterocycles. The second-order valence-corrected chi connectivity index (χ2v) is 14.9. The molecule has 3 unspecified atom stereocenters. The van der Waals surface area contributed by atoms with Crippen molar-refractivity contribution in [3.05, 3.63) is 58.2 Å². The van der Waals surface area contributed by atoms with E-state index in [0.717, 1.165) is 6.26 Å². The van der Waals surface area contributed by atoms with Crippen molar-refractivity contribution < 1.29 is 22.6 Å². The van der Waals surface area contributed by atoms with E-state index in [1.54, 1.807) is 41.9 Å². The predicted octanol–water partition coefficient (Wildman–Crippen LogP) is 2.56. The average Bonchev–Trinajstić information content (AvgIpc) is 3.23. The van der Waals surface area contributed by atoms with Gasteiger partial charge in [0.15, 0.2) is 5.75 Å². The van der Waals surface area contributed by atoms with Gasteiger partial charge in [0.2, 0.25) is 10.0 Å². The monoisotopic (exact) mass is 537 g/mol. The zero-order valence-corrected chi connectivity index (χ0v) is 22.9. The maximum absolute atomic E-state index is 14.1. The Balaban J connectivity index is 1.88. The molecule has 0 amide bonds. The van der Waals surface area contributed by atoms with Gasteiger partial charge in [0, 0.05) is 25.5 Å². The lowest BCUT2D eigenvalue weighted by atomic mass is 9.92. The molecule has 3 atom stereocenters. The van der Waals surface area contributed by atoms with E-state index >= 15 is 0 Å². The van der Waals surface area contributed by atoms with Crippen molar-refractivity contribution in [2.45, 2.75) is 51.9 Å². The lowest BCUT2D eigenvalue weighted by Crippen LogP contribution is -2.54. The van der Waals surface area contributed by atoms with E-state index < -0.39 is 34.3 Å². The van der Waals surface area contributed by atoms with Gasteiger partial charge in [0.1, 0.15) is 22.1 Å². The summed E-state index contributed by atoms with van der Waals surface area (Å²) in [6, 6.07) is 2.75. The molecule has 0 aromatic carbocycles. The molecule has 0 fully saturated rings. The van der Waals surface area contributed by atoms with Crippen LogP contribution in [-0.4, -0.2) is 53.1 Å². The SMILES string of the molecule is COP1(=O)N=C(c2c(O)c3cccn3n(CCC(C)(C)C)c2=O)NC2C=CC(NS(C)(=O)=O)=CC21C. The minimum absolute atomic E-state index is 0.0396. The number of nitrogens with zero attached hydrogens (tertiary/aromatic N) is 3. The summed E-state index contributed by atoms with van der Waals surface area (Å²) in [6.45, 7) is 8.25. The third-order valence-electron chi connectivity index (χ3n) is 6.46. The van der Waals surface area contributed by atoms with Crippen molar-refractivity contribution in [2.75, 3.05) is 13.4 Å². The molecule has 1 aliphatic carbocycles. The number of hydrogen-bond donors (Lipinski definition) is 3. The predicted molar refractivity (Wildman–Crippen MR) is 139 cm³/mol. The Labute approximate surface area is 210 Å². The molecule has 2 aromatic heterocycles. The first-order chi connectivity index (χ1) is 16.6. The van der Waals surface area contributed by atoms with Gasteiger partial charge in [-0.1, -0.05) is 26.8 Å². The average molecular weight is 538 g/mol. The number of nitrogens with one attached hydrogen (secondary N) is 2. The van der Waals surface area contributed by atoms with Crippen molar-refractivity contribution in [2.24, 2.45) is 10.2 Å². The largest absolute Gasteiger partial charge is 0.505 e. The Hall–Kier alpha value is -2.82. The molecule has 36 heavy (non-hydrogen) atoms. The molecule has 0 saturated heterocycles. The Morgan fingerprint density at radius 3 is 2.67 bits per heavy atom. The Morgan fingerprint density at radius 1 is 1.36 bits per heavy atom. The van der Waals surface area contributed by atoms with Crippen LogP contribution in [0.4, 0.5) is 0 Å². The van der Waals surface area contributed by atoms with Crippen LogP contribution in [0, 0.1) is 5.41 Å². The van der Waals surface area contributed by atoms with E-state index in [2.05, 4.69) is 35.6 Å². The zero-order chi connectivity index (χ0) is 26.7. The zero-order valence-electron chi connectivity index (χ0n) is 21.1. The molecule has 196 valence electrons. The Bertz CT molecular complexity index is 1530. The molecule has 2 aliphatic rings. The highest BCUT2D eigenvalue weighted by molar-refractivity contribution is 7.88. The first-order valence-corrected chi connectivity index (χ1v) is 14.9. The summed E-state index contributed by atoms with van der Waals surface area (Å²) in [5.74, 6) is -0.333. The topological polar surface area (TPSA) is 143 Å². The fraction of sp³-hybridized carbons (Fsp3) is 0.478. The summed E-state index contributed by atoms with van der Waals surface area (Å²) in [6.07, 6.45) is 8.10. The molecular weight excluding hydrogens is 505 g/mol. The molecule has 13 heteroatoms. The van der Waals surface area contributed by atoms with Crippen molar-refractivity contribution in [1.29, 1.82) is 0 Å². The fourth-order valence-electron chi connectivity index (χ4n) is 4.44. The molecule has 3 N–H and O–H groups in total. The summed E-state index contributed by atoms with van der Waals surface area (Å²) in [5.41, 5.74) is 0.0000882. The third-order valence-corrected chi connectivity index (χ3v) is 9.65. The highest BCUT2D eigenvalue weighted by atomic mass is 32.2. The van der Waals surface area contributed by atoms with Gasteiger partial charge >= 0.3 is 7.52 Å². The second kappa shape index (κ2) is 8.64. The summed E-state index contributed by atoms with van der Waals surface area (Å²) in [5, 5.41) is 13.0. The van der Waals surface area contributed by atoms with Gasteiger partial charge in [-0.2, -0.15) is 4.76 Å². The van der Waals surface area contributed by atoms with E-state index in [1.807, 2.05) is 0 Å². The number of fused-ring (bicyclic) bond motifs is 2. The number of hydrogen-bond acceptors (Lipinski definition) is 7. The number of aromatic nitrogens is 2. The third kappa shape index (κ3) is 4.53. The second-order valence-electron chi connectivity index (χ2n) is 10.5. The standard InChI is InChI=1S/C23H32N5O6PS/c1-22(2,3)11-13-28-21(30)18(19(29)16-8-7-12-27(16)28)20-24-17-10-9-15(26-36(6,32)33)14-23(17,4)35(31,25-20)34-5/h7-10,12,14,17,26,29H,11,13H2,1-6H3,(H,24,25,31). The van der Waals surface area contributed by atoms with Crippen molar-refractivity contribution in [3.8, 4) is 5.75 Å². The highest BCUT2D eigenvalue weighted by Gasteiger charge is 2.54. The number of rotatable bonds is 6. The summed E-state index contributed by atoms with van der Waals surface area (Å²) in [4.78, 5) is 13.7. The molecule has 0 spiro atoms. The van der Waals surface area contributed by atoms with Crippen LogP contribution in [0.15, 0.2) is 51.8 Å². The molecule has 4 rings (SSSR count). The Kier molecular flexibility index (Phi) is 6.30. The number of sulfonamides is 1. The lowest BCUT2D eigenvalue weighted by Gasteiger charge is -2.43.